The Morgan fingerprint density at radius 2 is 0.606 bits per heavy atom. The van der Waals surface area contributed by atoms with E-state index in [1.54, 1.807) is 0 Å². The first-order chi connectivity index (χ1) is 46.0. The highest BCUT2D eigenvalue weighted by Crippen LogP contribution is 2.43. The van der Waals surface area contributed by atoms with Gasteiger partial charge in [0.1, 0.15) is 19.8 Å². The van der Waals surface area contributed by atoms with E-state index in [1.807, 2.05) is 21.1 Å². The zero-order valence-electron chi connectivity index (χ0n) is 63.2. The second-order valence-corrected chi connectivity index (χ2v) is 30.6. The number of phosphoric acid groups is 1. The summed E-state index contributed by atoms with van der Waals surface area (Å²) in [6.07, 6.45) is 101. The maximum absolute atomic E-state index is 12.9. The van der Waals surface area contributed by atoms with E-state index >= 15 is 0 Å². The van der Waals surface area contributed by atoms with Crippen molar-refractivity contribution >= 4 is 19.8 Å². The Morgan fingerprint density at radius 1 is 0.340 bits per heavy atom. The number of unbranched alkanes of at least 4 members (excludes halogenated alkanes) is 53. The van der Waals surface area contributed by atoms with Crippen molar-refractivity contribution in [2.75, 3.05) is 47.5 Å². The Labute approximate surface area is 585 Å². The number of carbonyl (C=O) groups excluding carboxylic acids is 2. The number of nitrogens with zero attached hydrogens (tertiary/aromatic N) is 1. The molecule has 0 radical (unpaired) electrons. The number of quaternary nitrogens is 1. The second-order valence-electron chi connectivity index (χ2n) is 29.1. The quantitative estimate of drug-likeness (QED) is 0.0211. The molecule has 9 nitrogen and oxygen atoms in total. The molecule has 0 aromatic rings. The smallest absolute Gasteiger partial charge is 0.462 e. The molecule has 2 atom stereocenters. The molecule has 0 bridgehead atoms. The zero-order chi connectivity index (χ0) is 68.3. The highest BCUT2D eigenvalue weighted by atomic mass is 31.2. The summed E-state index contributed by atoms with van der Waals surface area (Å²) in [7, 11) is 1.50. The van der Waals surface area contributed by atoms with Gasteiger partial charge >= 0.3 is 19.8 Å². The van der Waals surface area contributed by atoms with Crippen LogP contribution >= 0.6 is 7.82 Å². The van der Waals surface area contributed by atoms with Gasteiger partial charge in [-0.2, -0.15) is 0 Å². The first-order valence-corrected chi connectivity index (χ1v) is 42.5. The molecule has 0 heterocycles. The first kappa shape index (κ1) is 91.7. The summed E-state index contributed by atoms with van der Waals surface area (Å²) in [5, 5.41) is 0. The summed E-state index contributed by atoms with van der Waals surface area (Å²) in [5.74, 6) is -0.773. The Morgan fingerprint density at radius 3 is 0.915 bits per heavy atom. The molecule has 0 aromatic heterocycles. The van der Waals surface area contributed by atoms with E-state index in [0.717, 1.165) is 57.8 Å². The van der Waals surface area contributed by atoms with Crippen LogP contribution in [0.3, 0.4) is 0 Å². The summed E-state index contributed by atoms with van der Waals surface area (Å²) >= 11 is 0. The molecule has 0 aromatic carbocycles. The van der Waals surface area contributed by atoms with Gasteiger partial charge < -0.3 is 18.9 Å². The lowest BCUT2D eigenvalue weighted by Gasteiger charge is -2.24. The third kappa shape index (κ3) is 78.7. The minimum Gasteiger partial charge on any atom is -0.462 e. The summed E-state index contributed by atoms with van der Waals surface area (Å²) in [5.41, 5.74) is 0. The van der Waals surface area contributed by atoms with Crippen molar-refractivity contribution in [1.82, 2.24) is 0 Å². The van der Waals surface area contributed by atoms with Crippen LogP contribution in [0.5, 0.6) is 0 Å². The predicted octanol–water partition coefficient (Wildman–Crippen LogP) is 27.3. The number of hydrogen-bond donors (Lipinski definition) is 1. The van der Waals surface area contributed by atoms with Crippen LogP contribution in [-0.2, 0) is 32.7 Å². The van der Waals surface area contributed by atoms with Gasteiger partial charge in [0, 0.05) is 12.8 Å². The molecule has 0 spiro atoms. The van der Waals surface area contributed by atoms with E-state index in [-0.39, 0.29) is 25.6 Å². The fourth-order valence-electron chi connectivity index (χ4n) is 12.3. The number of hydrogen-bond acceptors (Lipinski definition) is 7. The minimum atomic E-state index is -4.39. The Kier molecular flexibility index (Phi) is 73.1. The van der Waals surface area contributed by atoms with Gasteiger partial charge in [-0.25, -0.2) is 4.57 Å². The van der Waals surface area contributed by atoms with Crippen molar-refractivity contribution in [3.8, 4) is 0 Å². The van der Waals surface area contributed by atoms with Crippen molar-refractivity contribution in [3.63, 3.8) is 0 Å². The van der Waals surface area contributed by atoms with E-state index in [1.165, 1.54) is 321 Å². The molecule has 0 rings (SSSR count). The lowest BCUT2D eigenvalue weighted by molar-refractivity contribution is -0.870. The van der Waals surface area contributed by atoms with Gasteiger partial charge in [-0.3, -0.25) is 18.6 Å². The molecule has 2 unspecified atom stereocenters. The lowest BCUT2D eigenvalue weighted by Crippen LogP contribution is -2.37. The van der Waals surface area contributed by atoms with Crippen LogP contribution in [0.2, 0.25) is 0 Å². The van der Waals surface area contributed by atoms with Crippen LogP contribution in [0.1, 0.15) is 412 Å². The second kappa shape index (κ2) is 74.9. The molecule has 0 aliphatic rings. The molecule has 0 saturated carbocycles. The fourth-order valence-corrected chi connectivity index (χ4v) is 13.0. The Hall–Kier alpha value is -2.29. The average Bonchev–Trinajstić information content (AvgIpc) is 1.56. The summed E-state index contributed by atoms with van der Waals surface area (Å²) in [6.45, 7) is 4.40. The number of phosphoric ester groups is 1. The van der Waals surface area contributed by atoms with Crippen molar-refractivity contribution < 1.29 is 42.1 Å². The van der Waals surface area contributed by atoms with E-state index < -0.39 is 26.5 Å². The summed E-state index contributed by atoms with van der Waals surface area (Å²) in [6, 6.07) is 0. The monoisotopic (exact) mass is 1340 g/mol. The number of esters is 2. The van der Waals surface area contributed by atoms with Gasteiger partial charge in [-0.15, -0.1) is 0 Å². The van der Waals surface area contributed by atoms with Crippen LogP contribution < -0.4 is 0 Å². The van der Waals surface area contributed by atoms with Gasteiger partial charge in [0.2, 0.25) is 0 Å². The molecule has 1 N–H and O–H groups in total. The van der Waals surface area contributed by atoms with E-state index in [2.05, 4.69) is 74.6 Å². The van der Waals surface area contributed by atoms with Crippen LogP contribution in [0.4, 0.5) is 0 Å². The minimum absolute atomic E-state index is 0.0340. The van der Waals surface area contributed by atoms with Gasteiger partial charge in [0.05, 0.1) is 27.7 Å². The van der Waals surface area contributed by atoms with Gasteiger partial charge in [0.25, 0.3) is 0 Å². The highest BCUT2D eigenvalue weighted by Gasteiger charge is 2.27. The number of allylic oxidation sites excluding steroid dienone is 10. The van der Waals surface area contributed by atoms with Crippen molar-refractivity contribution in [1.29, 1.82) is 0 Å². The Balaban J connectivity index is 3.89. The van der Waals surface area contributed by atoms with Crippen molar-refractivity contribution in [2.24, 2.45) is 0 Å². The number of ether oxygens (including phenoxy) is 2. The molecule has 94 heavy (non-hydrogen) atoms. The van der Waals surface area contributed by atoms with E-state index in [9.17, 15) is 19.0 Å². The third-order valence-electron chi connectivity index (χ3n) is 18.5. The van der Waals surface area contributed by atoms with E-state index in [4.69, 9.17) is 18.5 Å². The molecule has 0 aliphatic carbocycles. The molecule has 0 fully saturated rings. The maximum Gasteiger partial charge on any atom is 0.472 e. The van der Waals surface area contributed by atoms with Crippen molar-refractivity contribution in [3.05, 3.63) is 60.8 Å². The van der Waals surface area contributed by atoms with E-state index in [0.29, 0.717) is 23.9 Å². The predicted molar refractivity (Wildman–Crippen MR) is 409 cm³/mol. The molecule has 10 heteroatoms. The largest absolute Gasteiger partial charge is 0.472 e. The van der Waals surface area contributed by atoms with Crippen LogP contribution in [0.25, 0.3) is 0 Å². The third-order valence-corrected chi connectivity index (χ3v) is 19.5. The average molecular weight is 1340 g/mol. The normalized spacial score (nSPS) is 13.3. The fraction of sp³-hybridized carbons (Fsp3) is 0.857. The van der Waals surface area contributed by atoms with Crippen molar-refractivity contribution in [2.45, 2.75) is 418 Å². The molecular weight excluding hydrogens is 1180 g/mol. The molecular formula is C84H159NO8P+. The van der Waals surface area contributed by atoms with Gasteiger partial charge in [0.15, 0.2) is 6.10 Å². The first-order valence-electron chi connectivity index (χ1n) is 41.0. The molecule has 0 amide bonds. The van der Waals surface area contributed by atoms with Crippen LogP contribution in [0.15, 0.2) is 60.8 Å². The Bertz CT molecular complexity index is 1770. The summed E-state index contributed by atoms with van der Waals surface area (Å²) < 4.78 is 34.9. The SMILES string of the molecule is CC/C=C\C/C=C\C/C=C\C/C=C\CCCCCCCCCCCCCCCCCCCCCCC(=O)OC(COC(=O)CCCCCCCCCCCCCCCCCCCCCCCCCCC/C=C\CCCCCCCCCC)COP(=O)(O)OCC[N+](C)(C)C. The molecule has 0 saturated heterocycles. The summed E-state index contributed by atoms with van der Waals surface area (Å²) in [4.78, 5) is 36.0. The molecule has 552 valence electrons. The number of carbonyl (C=O) groups is 2. The lowest BCUT2D eigenvalue weighted by atomic mass is 10.0. The number of likely N-dealkylation sites (N-methyl/N-ethyl adjacent to an activating group) is 1. The number of rotatable bonds is 77. The van der Waals surface area contributed by atoms with Gasteiger partial charge in [-0.1, -0.05) is 383 Å². The maximum atomic E-state index is 12.9. The van der Waals surface area contributed by atoms with Crippen LogP contribution in [-0.4, -0.2) is 74.9 Å². The topological polar surface area (TPSA) is 108 Å². The zero-order valence-corrected chi connectivity index (χ0v) is 64.1. The molecule has 0 aliphatic heterocycles. The van der Waals surface area contributed by atoms with Crippen LogP contribution in [0, 0.1) is 0 Å². The van der Waals surface area contributed by atoms with Gasteiger partial charge in [-0.05, 0) is 77.0 Å². The standard InChI is InChI=1S/C84H158NO8P/c1-6-8-10-12-14-16-18-20-22-24-26-28-30-32-34-36-38-40-41-42-43-45-46-48-50-52-54-56-58-60-62-64-66-68-70-72-74-76-83(86)90-80-82(81-92-94(88,89)91-79-78-85(3,4)5)93-84(87)77-75-73-71-69-67-65-63-61-59-57-55-53-51-49-47-44-39-37-35-33-31-29-27-25-23-21-19-17-15-13-11-9-7-2/h9,11,15,17,21,23-24,26-27,29,82H,6-8,10,12-14,16,18-20,22,25,28,30-81H2,1-5H3/p+1/b11-9-,17-15-,23-21-,26-24-,29-27-. The highest BCUT2D eigenvalue weighted by molar-refractivity contribution is 7.47.